The summed E-state index contributed by atoms with van der Waals surface area (Å²) in [5, 5.41) is 6.59. The Balaban J connectivity index is 1.74. The van der Waals surface area contributed by atoms with Gasteiger partial charge in [0, 0.05) is 26.2 Å². The molecule has 0 aromatic carbocycles. The van der Waals surface area contributed by atoms with Crippen LogP contribution in [-0.2, 0) is 4.79 Å². The van der Waals surface area contributed by atoms with Gasteiger partial charge in [-0.2, -0.15) is 0 Å². The van der Waals surface area contributed by atoms with Crippen molar-refractivity contribution in [2.24, 2.45) is 0 Å². The molecule has 28 heavy (non-hydrogen) atoms. The number of rotatable bonds is 18. The first-order valence-corrected chi connectivity index (χ1v) is 12.2. The number of amides is 1. The topological polar surface area (TPSA) is 44.4 Å². The van der Waals surface area contributed by atoms with Gasteiger partial charge in [-0.15, -0.1) is 0 Å². The SMILES string of the molecule is CCCCCCCC/C=C\CCCCCCCCNCC(=O)N1CCNCC1. The van der Waals surface area contributed by atoms with Crippen molar-refractivity contribution in [1.29, 1.82) is 0 Å². The van der Waals surface area contributed by atoms with Crippen LogP contribution < -0.4 is 10.6 Å². The summed E-state index contributed by atoms with van der Waals surface area (Å²) in [4.78, 5) is 14.0. The van der Waals surface area contributed by atoms with Crippen molar-refractivity contribution in [1.82, 2.24) is 15.5 Å². The molecule has 1 saturated heterocycles. The van der Waals surface area contributed by atoms with Crippen molar-refractivity contribution < 1.29 is 4.79 Å². The number of unbranched alkanes of at least 4 members (excludes halogenated alkanes) is 12. The van der Waals surface area contributed by atoms with Crippen molar-refractivity contribution in [2.75, 3.05) is 39.3 Å². The van der Waals surface area contributed by atoms with Crippen LogP contribution in [0.25, 0.3) is 0 Å². The summed E-state index contributed by atoms with van der Waals surface area (Å²) in [6, 6.07) is 0. The second-order valence-electron chi connectivity index (χ2n) is 8.25. The van der Waals surface area contributed by atoms with Gasteiger partial charge in [-0.1, -0.05) is 76.9 Å². The number of carbonyl (C=O) groups excluding carboxylic acids is 1. The second-order valence-corrected chi connectivity index (χ2v) is 8.25. The molecule has 1 rings (SSSR count). The number of carbonyl (C=O) groups is 1. The highest BCUT2D eigenvalue weighted by molar-refractivity contribution is 5.78. The first-order chi connectivity index (χ1) is 13.8. The molecule has 0 aliphatic carbocycles. The predicted molar refractivity (Wildman–Crippen MR) is 122 cm³/mol. The monoisotopic (exact) mass is 393 g/mol. The minimum absolute atomic E-state index is 0.256. The van der Waals surface area contributed by atoms with Gasteiger partial charge in [0.1, 0.15) is 0 Å². The van der Waals surface area contributed by atoms with Crippen molar-refractivity contribution >= 4 is 5.91 Å². The predicted octanol–water partition coefficient (Wildman–Crippen LogP) is 5.05. The summed E-state index contributed by atoms with van der Waals surface area (Å²) in [6.07, 6.45) is 23.5. The zero-order valence-electron chi connectivity index (χ0n) is 18.7. The van der Waals surface area contributed by atoms with E-state index in [-0.39, 0.29) is 5.91 Å². The molecule has 0 saturated carbocycles. The van der Waals surface area contributed by atoms with E-state index in [2.05, 4.69) is 29.7 Å². The van der Waals surface area contributed by atoms with Gasteiger partial charge in [0.25, 0.3) is 0 Å². The largest absolute Gasteiger partial charge is 0.339 e. The third-order valence-corrected chi connectivity index (χ3v) is 5.61. The van der Waals surface area contributed by atoms with Gasteiger partial charge >= 0.3 is 0 Å². The van der Waals surface area contributed by atoms with Gasteiger partial charge in [0.15, 0.2) is 0 Å². The van der Waals surface area contributed by atoms with Gasteiger partial charge in [-0.25, -0.2) is 0 Å². The molecule has 1 amide bonds. The molecule has 0 aromatic heterocycles. The maximum absolute atomic E-state index is 12.0. The lowest BCUT2D eigenvalue weighted by Crippen LogP contribution is -2.49. The molecular formula is C24H47N3O. The Hall–Kier alpha value is -0.870. The van der Waals surface area contributed by atoms with E-state index in [1.807, 2.05) is 4.90 Å². The number of nitrogens with one attached hydrogen (secondary N) is 2. The Morgan fingerprint density at radius 1 is 0.821 bits per heavy atom. The molecule has 0 radical (unpaired) electrons. The van der Waals surface area contributed by atoms with Crippen molar-refractivity contribution in [3.05, 3.63) is 12.2 Å². The normalized spacial score (nSPS) is 14.8. The fourth-order valence-electron chi connectivity index (χ4n) is 3.72. The zero-order valence-corrected chi connectivity index (χ0v) is 18.7. The Kier molecular flexibility index (Phi) is 17.5. The minimum atomic E-state index is 0.256. The third kappa shape index (κ3) is 15.1. The molecular weight excluding hydrogens is 346 g/mol. The summed E-state index contributed by atoms with van der Waals surface area (Å²) in [6.45, 7) is 7.33. The quantitative estimate of drug-likeness (QED) is 0.253. The van der Waals surface area contributed by atoms with E-state index >= 15 is 0 Å². The highest BCUT2D eigenvalue weighted by Gasteiger charge is 2.14. The van der Waals surface area contributed by atoms with E-state index in [1.54, 1.807) is 0 Å². The molecule has 1 fully saturated rings. The van der Waals surface area contributed by atoms with E-state index in [1.165, 1.54) is 89.9 Å². The van der Waals surface area contributed by atoms with Gasteiger partial charge < -0.3 is 15.5 Å². The fourth-order valence-corrected chi connectivity index (χ4v) is 3.72. The lowest BCUT2D eigenvalue weighted by atomic mass is 10.1. The molecule has 0 bridgehead atoms. The second kappa shape index (κ2) is 19.4. The molecule has 0 spiro atoms. The maximum atomic E-state index is 12.0. The standard InChI is InChI=1S/C24H47N3O/c1-2-3-4-5-6-7-8-9-10-11-12-13-14-15-16-17-18-26-23-24(28)27-21-19-25-20-22-27/h9-10,25-26H,2-8,11-23H2,1H3/b10-9-. The molecule has 4 nitrogen and oxygen atoms in total. The molecule has 4 heteroatoms. The molecule has 2 N–H and O–H groups in total. The molecule has 1 heterocycles. The van der Waals surface area contributed by atoms with E-state index in [0.29, 0.717) is 6.54 Å². The average molecular weight is 394 g/mol. The fraction of sp³-hybridized carbons (Fsp3) is 0.875. The van der Waals surface area contributed by atoms with Gasteiger partial charge in [-0.3, -0.25) is 4.79 Å². The molecule has 0 aromatic rings. The van der Waals surface area contributed by atoms with Gasteiger partial charge in [0.2, 0.25) is 5.91 Å². The summed E-state index contributed by atoms with van der Waals surface area (Å²) in [7, 11) is 0. The lowest BCUT2D eigenvalue weighted by molar-refractivity contribution is -0.130. The number of hydrogen-bond acceptors (Lipinski definition) is 3. The smallest absolute Gasteiger partial charge is 0.236 e. The summed E-state index contributed by atoms with van der Waals surface area (Å²) in [5.41, 5.74) is 0. The Morgan fingerprint density at radius 3 is 1.96 bits per heavy atom. The molecule has 0 unspecified atom stereocenters. The molecule has 1 aliphatic rings. The van der Waals surface area contributed by atoms with E-state index in [0.717, 1.165) is 32.7 Å². The number of hydrogen-bond donors (Lipinski definition) is 2. The average Bonchev–Trinajstić information content (AvgIpc) is 2.73. The lowest BCUT2D eigenvalue weighted by Gasteiger charge is -2.27. The van der Waals surface area contributed by atoms with Crippen LogP contribution >= 0.6 is 0 Å². The van der Waals surface area contributed by atoms with Crippen LogP contribution in [0.15, 0.2) is 12.2 Å². The Labute approximate surface area is 174 Å². The number of nitrogens with zero attached hydrogens (tertiary/aromatic N) is 1. The van der Waals surface area contributed by atoms with Crippen LogP contribution in [0.3, 0.4) is 0 Å². The number of allylic oxidation sites excluding steroid dienone is 2. The highest BCUT2D eigenvalue weighted by Crippen LogP contribution is 2.09. The van der Waals surface area contributed by atoms with Crippen LogP contribution in [0.1, 0.15) is 96.8 Å². The molecule has 0 atom stereocenters. The molecule has 1 aliphatic heterocycles. The summed E-state index contributed by atoms with van der Waals surface area (Å²) < 4.78 is 0. The van der Waals surface area contributed by atoms with Crippen LogP contribution in [0.4, 0.5) is 0 Å². The van der Waals surface area contributed by atoms with E-state index < -0.39 is 0 Å². The Morgan fingerprint density at radius 2 is 1.36 bits per heavy atom. The summed E-state index contributed by atoms with van der Waals surface area (Å²) >= 11 is 0. The van der Waals surface area contributed by atoms with Crippen LogP contribution in [0.5, 0.6) is 0 Å². The Bertz CT molecular complexity index is 378. The summed E-state index contributed by atoms with van der Waals surface area (Å²) in [5.74, 6) is 0.256. The first-order valence-electron chi connectivity index (χ1n) is 12.2. The van der Waals surface area contributed by atoms with Crippen molar-refractivity contribution in [3.63, 3.8) is 0 Å². The van der Waals surface area contributed by atoms with Crippen LogP contribution in [0, 0.1) is 0 Å². The van der Waals surface area contributed by atoms with Crippen molar-refractivity contribution in [2.45, 2.75) is 96.8 Å². The third-order valence-electron chi connectivity index (χ3n) is 5.61. The number of piperazine rings is 1. The molecule has 164 valence electrons. The van der Waals surface area contributed by atoms with Gasteiger partial charge in [-0.05, 0) is 38.6 Å². The van der Waals surface area contributed by atoms with Crippen LogP contribution in [0.2, 0.25) is 0 Å². The maximum Gasteiger partial charge on any atom is 0.236 e. The zero-order chi connectivity index (χ0) is 20.1. The van der Waals surface area contributed by atoms with E-state index in [4.69, 9.17) is 0 Å². The minimum Gasteiger partial charge on any atom is -0.339 e. The van der Waals surface area contributed by atoms with Crippen LogP contribution in [-0.4, -0.2) is 50.1 Å². The van der Waals surface area contributed by atoms with Gasteiger partial charge in [0.05, 0.1) is 6.54 Å². The van der Waals surface area contributed by atoms with E-state index in [9.17, 15) is 4.79 Å². The van der Waals surface area contributed by atoms with Crippen molar-refractivity contribution in [3.8, 4) is 0 Å². The highest BCUT2D eigenvalue weighted by atomic mass is 16.2. The first kappa shape index (κ1) is 25.2.